The minimum Gasteiger partial charge on any atom is -0.329 e. The molecule has 1 unspecified atom stereocenters. The molecule has 0 saturated heterocycles. The van der Waals surface area contributed by atoms with Gasteiger partial charge in [-0.25, -0.2) is 0 Å². The molecule has 0 aliphatic rings. The molecule has 0 heterocycles. The van der Waals surface area contributed by atoms with Gasteiger partial charge in [-0.1, -0.05) is 48.8 Å². The Balaban J connectivity index is 2.62. The largest absolute Gasteiger partial charge is 0.329 e. The van der Waals surface area contributed by atoms with Crippen molar-refractivity contribution in [3.8, 4) is 0 Å². The third kappa shape index (κ3) is 5.51. The van der Waals surface area contributed by atoms with Crippen molar-refractivity contribution < 1.29 is 0 Å². The van der Waals surface area contributed by atoms with E-state index in [1.54, 1.807) is 0 Å². The van der Waals surface area contributed by atoms with Crippen LogP contribution < -0.4 is 5.73 Å². The summed E-state index contributed by atoms with van der Waals surface area (Å²) in [6, 6.07) is 8.93. The van der Waals surface area contributed by atoms with Crippen LogP contribution in [0.3, 0.4) is 0 Å². The third-order valence-corrected chi connectivity index (χ3v) is 3.62. The zero-order chi connectivity index (χ0) is 13.8. The number of likely N-dealkylation sites (N-methyl/N-ethyl adjacent to an activating group) is 1. The van der Waals surface area contributed by atoms with E-state index in [9.17, 15) is 0 Å². The summed E-state index contributed by atoms with van der Waals surface area (Å²) in [5.74, 6) is 0. The van der Waals surface area contributed by atoms with Gasteiger partial charge in [0.25, 0.3) is 0 Å². The Morgan fingerprint density at radius 2 is 1.78 bits per heavy atom. The van der Waals surface area contributed by atoms with Gasteiger partial charge in [0.1, 0.15) is 0 Å². The standard InChI is InChI=1S/C15H25BrN2/c1-15(2,3)9-14(10-17)18(4)11-12-5-7-13(16)8-6-12/h5-8,14H,9-11,17H2,1-4H3. The number of hydrogen-bond donors (Lipinski definition) is 1. The highest BCUT2D eigenvalue weighted by Gasteiger charge is 2.21. The Labute approximate surface area is 120 Å². The number of hydrogen-bond acceptors (Lipinski definition) is 2. The van der Waals surface area contributed by atoms with Crippen molar-refractivity contribution in [2.45, 2.75) is 39.8 Å². The molecule has 0 aliphatic heterocycles. The summed E-state index contributed by atoms with van der Waals surface area (Å²) in [6.07, 6.45) is 1.12. The van der Waals surface area contributed by atoms with Crippen LogP contribution >= 0.6 is 15.9 Å². The molecule has 0 bridgehead atoms. The molecule has 0 spiro atoms. The SMILES string of the molecule is CN(Cc1ccc(Br)cc1)C(CN)CC(C)(C)C. The molecular weight excluding hydrogens is 288 g/mol. The normalized spacial score (nSPS) is 13.9. The Kier molecular flexibility index (Phi) is 5.83. The van der Waals surface area contributed by atoms with Gasteiger partial charge in [0.2, 0.25) is 0 Å². The summed E-state index contributed by atoms with van der Waals surface area (Å²) in [5.41, 5.74) is 7.55. The van der Waals surface area contributed by atoms with Crippen molar-refractivity contribution in [2.75, 3.05) is 13.6 Å². The minimum atomic E-state index is 0.317. The Morgan fingerprint density at radius 3 is 2.22 bits per heavy atom. The average Bonchev–Trinajstić information content (AvgIpc) is 2.27. The van der Waals surface area contributed by atoms with E-state index in [0.717, 1.165) is 17.4 Å². The first-order valence-electron chi connectivity index (χ1n) is 6.46. The predicted octanol–water partition coefficient (Wildman–Crippen LogP) is 3.64. The average molecular weight is 313 g/mol. The monoisotopic (exact) mass is 312 g/mol. The second-order valence-electron chi connectivity index (χ2n) is 6.20. The molecule has 3 heteroatoms. The highest BCUT2D eigenvalue weighted by atomic mass is 79.9. The Bertz CT molecular complexity index is 354. The molecular formula is C15H25BrN2. The molecule has 2 nitrogen and oxygen atoms in total. The second-order valence-corrected chi connectivity index (χ2v) is 7.11. The Morgan fingerprint density at radius 1 is 1.22 bits per heavy atom. The van der Waals surface area contributed by atoms with Gasteiger partial charge in [-0.3, -0.25) is 4.90 Å². The lowest BCUT2D eigenvalue weighted by Crippen LogP contribution is -2.40. The first kappa shape index (κ1) is 15.7. The number of rotatable bonds is 5. The smallest absolute Gasteiger partial charge is 0.0234 e. The van der Waals surface area contributed by atoms with Crippen LogP contribution in [0.2, 0.25) is 0 Å². The van der Waals surface area contributed by atoms with Crippen LogP contribution in [0.4, 0.5) is 0 Å². The van der Waals surface area contributed by atoms with E-state index in [0.29, 0.717) is 18.0 Å². The summed E-state index contributed by atoms with van der Waals surface area (Å²) < 4.78 is 1.12. The van der Waals surface area contributed by atoms with Gasteiger partial charge in [-0.2, -0.15) is 0 Å². The van der Waals surface area contributed by atoms with Gasteiger partial charge in [0.05, 0.1) is 0 Å². The topological polar surface area (TPSA) is 29.3 Å². The lowest BCUT2D eigenvalue weighted by atomic mass is 9.87. The van der Waals surface area contributed by atoms with Gasteiger partial charge < -0.3 is 5.73 Å². The fraction of sp³-hybridized carbons (Fsp3) is 0.600. The Hall–Kier alpha value is -0.380. The quantitative estimate of drug-likeness (QED) is 0.899. The van der Waals surface area contributed by atoms with E-state index < -0.39 is 0 Å². The van der Waals surface area contributed by atoms with Crippen LogP contribution in [0.1, 0.15) is 32.8 Å². The van der Waals surface area contributed by atoms with Gasteiger partial charge in [-0.15, -0.1) is 0 Å². The number of benzene rings is 1. The van der Waals surface area contributed by atoms with Gasteiger partial charge in [0, 0.05) is 23.6 Å². The fourth-order valence-corrected chi connectivity index (χ4v) is 2.40. The molecule has 2 N–H and O–H groups in total. The van der Waals surface area contributed by atoms with Gasteiger partial charge in [0.15, 0.2) is 0 Å². The molecule has 102 valence electrons. The zero-order valence-electron chi connectivity index (χ0n) is 11.9. The van der Waals surface area contributed by atoms with Crippen molar-refractivity contribution in [3.05, 3.63) is 34.3 Å². The predicted molar refractivity (Wildman–Crippen MR) is 82.5 cm³/mol. The van der Waals surface area contributed by atoms with E-state index in [1.807, 2.05) is 0 Å². The molecule has 1 rings (SSSR count). The molecule has 0 aliphatic carbocycles. The van der Waals surface area contributed by atoms with E-state index in [2.05, 4.69) is 72.9 Å². The van der Waals surface area contributed by atoms with Crippen molar-refractivity contribution in [1.82, 2.24) is 4.90 Å². The van der Waals surface area contributed by atoms with E-state index in [1.165, 1.54) is 5.56 Å². The maximum absolute atomic E-state index is 5.91. The number of nitrogens with two attached hydrogens (primary N) is 1. The van der Waals surface area contributed by atoms with Crippen LogP contribution in [-0.2, 0) is 6.54 Å². The molecule has 0 fully saturated rings. The summed E-state index contributed by atoms with van der Waals surface area (Å²) in [6.45, 7) is 8.46. The molecule has 1 aromatic carbocycles. The first-order valence-corrected chi connectivity index (χ1v) is 7.26. The molecule has 1 atom stereocenters. The van der Waals surface area contributed by atoms with Crippen molar-refractivity contribution in [3.63, 3.8) is 0 Å². The van der Waals surface area contributed by atoms with E-state index in [4.69, 9.17) is 5.73 Å². The summed E-state index contributed by atoms with van der Waals surface area (Å²) in [4.78, 5) is 2.36. The summed E-state index contributed by atoms with van der Waals surface area (Å²) in [5, 5.41) is 0. The lowest BCUT2D eigenvalue weighted by molar-refractivity contribution is 0.177. The van der Waals surface area contributed by atoms with Crippen molar-refractivity contribution in [2.24, 2.45) is 11.1 Å². The molecule has 0 aromatic heterocycles. The van der Waals surface area contributed by atoms with Gasteiger partial charge >= 0.3 is 0 Å². The summed E-state index contributed by atoms with van der Waals surface area (Å²) >= 11 is 3.46. The zero-order valence-corrected chi connectivity index (χ0v) is 13.5. The number of halogens is 1. The molecule has 0 radical (unpaired) electrons. The summed E-state index contributed by atoms with van der Waals surface area (Å²) in [7, 11) is 2.16. The maximum atomic E-state index is 5.91. The number of nitrogens with zero attached hydrogens (tertiary/aromatic N) is 1. The fourth-order valence-electron chi connectivity index (χ4n) is 2.13. The second kappa shape index (κ2) is 6.69. The highest BCUT2D eigenvalue weighted by molar-refractivity contribution is 9.10. The minimum absolute atomic E-state index is 0.317. The molecule has 0 saturated carbocycles. The van der Waals surface area contributed by atoms with Crippen LogP contribution in [0, 0.1) is 5.41 Å². The van der Waals surface area contributed by atoms with Crippen molar-refractivity contribution >= 4 is 15.9 Å². The van der Waals surface area contributed by atoms with Crippen LogP contribution in [0.15, 0.2) is 28.7 Å². The molecule has 0 amide bonds. The van der Waals surface area contributed by atoms with E-state index >= 15 is 0 Å². The van der Waals surface area contributed by atoms with Crippen LogP contribution in [-0.4, -0.2) is 24.5 Å². The highest BCUT2D eigenvalue weighted by Crippen LogP contribution is 2.23. The first-order chi connectivity index (χ1) is 8.31. The van der Waals surface area contributed by atoms with E-state index in [-0.39, 0.29) is 0 Å². The molecule has 18 heavy (non-hydrogen) atoms. The van der Waals surface area contributed by atoms with Gasteiger partial charge in [-0.05, 0) is 36.6 Å². The third-order valence-electron chi connectivity index (χ3n) is 3.09. The van der Waals surface area contributed by atoms with Crippen LogP contribution in [0.5, 0.6) is 0 Å². The molecule has 1 aromatic rings. The maximum Gasteiger partial charge on any atom is 0.0234 e. The van der Waals surface area contributed by atoms with Crippen LogP contribution in [0.25, 0.3) is 0 Å². The lowest BCUT2D eigenvalue weighted by Gasteiger charge is -2.32. The van der Waals surface area contributed by atoms with Crippen molar-refractivity contribution in [1.29, 1.82) is 0 Å².